The van der Waals surface area contributed by atoms with E-state index >= 15 is 0 Å². The summed E-state index contributed by atoms with van der Waals surface area (Å²) in [6.45, 7) is 9.79. The Bertz CT molecular complexity index is 1580. The van der Waals surface area contributed by atoms with Gasteiger partial charge in [0.1, 0.15) is 11.6 Å². The molecule has 0 unspecified atom stereocenters. The van der Waals surface area contributed by atoms with Crippen LogP contribution in [0.3, 0.4) is 0 Å². The van der Waals surface area contributed by atoms with Gasteiger partial charge in [0.25, 0.3) is 0 Å². The van der Waals surface area contributed by atoms with Gasteiger partial charge in [0.2, 0.25) is 5.91 Å². The number of nitrogens with zero attached hydrogens (tertiary/aromatic N) is 3. The van der Waals surface area contributed by atoms with E-state index in [4.69, 9.17) is 5.10 Å². The van der Waals surface area contributed by atoms with Crippen LogP contribution in [-0.4, -0.2) is 39.7 Å². The molecule has 44 heavy (non-hydrogen) atoms. The fourth-order valence-electron chi connectivity index (χ4n) is 5.57. The number of anilines is 2. The van der Waals surface area contributed by atoms with Crippen molar-refractivity contribution in [1.82, 2.24) is 14.7 Å². The summed E-state index contributed by atoms with van der Waals surface area (Å²) >= 11 is 0. The maximum Gasteiger partial charge on any atom is 0.324 e. The summed E-state index contributed by atoms with van der Waals surface area (Å²) in [5.74, 6) is 0.899. The SMILES string of the molecule is Cc1ccc(-n2nc(C(C)(C)C)cc2NC(=O)Nc2ccccc2CC2CCN(C(=O)CCc3ccc(F)cc3)CC2)cc1. The van der Waals surface area contributed by atoms with Crippen molar-refractivity contribution in [2.24, 2.45) is 5.92 Å². The maximum atomic E-state index is 13.3. The van der Waals surface area contributed by atoms with Gasteiger partial charge >= 0.3 is 6.03 Å². The molecule has 8 heteroatoms. The average Bonchev–Trinajstić information content (AvgIpc) is 3.43. The van der Waals surface area contributed by atoms with Crippen molar-refractivity contribution < 1.29 is 14.0 Å². The molecule has 0 aliphatic carbocycles. The predicted octanol–water partition coefficient (Wildman–Crippen LogP) is 7.68. The summed E-state index contributed by atoms with van der Waals surface area (Å²) in [6.07, 6.45) is 3.69. The zero-order valence-electron chi connectivity index (χ0n) is 26.1. The minimum absolute atomic E-state index is 0.144. The molecular weight excluding hydrogens is 553 g/mol. The van der Waals surface area contributed by atoms with Crippen LogP contribution in [0.15, 0.2) is 78.9 Å². The maximum absolute atomic E-state index is 13.3. The monoisotopic (exact) mass is 595 g/mol. The number of para-hydroxylation sites is 1. The van der Waals surface area contributed by atoms with Crippen molar-refractivity contribution in [3.8, 4) is 5.69 Å². The van der Waals surface area contributed by atoms with E-state index in [-0.39, 0.29) is 23.2 Å². The van der Waals surface area contributed by atoms with Gasteiger partial charge in [0.05, 0.1) is 11.4 Å². The number of piperidine rings is 1. The predicted molar refractivity (Wildman–Crippen MR) is 174 cm³/mol. The zero-order valence-corrected chi connectivity index (χ0v) is 26.1. The standard InChI is InChI=1S/C36H42FN5O2/c1-25-9-16-30(17-10-25)42-33(24-32(40-42)36(2,3)4)39-35(44)38-31-8-6-5-7-28(31)23-27-19-21-41(22-20-27)34(43)18-13-26-11-14-29(37)15-12-26/h5-12,14-17,24,27H,13,18-23H2,1-4H3,(H2,38,39,44). The minimum atomic E-state index is -0.326. The first-order valence-corrected chi connectivity index (χ1v) is 15.4. The number of hydrogen-bond donors (Lipinski definition) is 2. The first kappa shape index (κ1) is 31.0. The third kappa shape index (κ3) is 7.92. The van der Waals surface area contributed by atoms with E-state index in [9.17, 15) is 14.0 Å². The second-order valence-corrected chi connectivity index (χ2v) is 12.8. The van der Waals surface area contributed by atoms with Crippen LogP contribution >= 0.6 is 0 Å². The Morgan fingerprint density at radius 3 is 2.30 bits per heavy atom. The number of rotatable bonds is 8. The van der Waals surface area contributed by atoms with Gasteiger partial charge in [0.15, 0.2) is 0 Å². The number of urea groups is 1. The number of likely N-dealkylation sites (tertiary alicyclic amines) is 1. The fourth-order valence-corrected chi connectivity index (χ4v) is 5.57. The molecule has 0 bridgehead atoms. The van der Waals surface area contributed by atoms with Crippen molar-refractivity contribution in [2.75, 3.05) is 23.7 Å². The molecule has 4 aromatic rings. The number of aromatic nitrogens is 2. The zero-order chi connectivity index (χ0) is 31.3. The summed E-state index contributed by atoms with van der Waals surface area (Å²) in [5, 5.41) is 10.9. The van der Waals surface area contributed by atoms with Crippen LogP contribution < -0.4 is 10.6 Å². The van der Waals surface area contributed by atoms with E-state index < -0.39 is 0 Å². The highest BCUT2D eigenvalue weighted by atomic mass is 19.1. The van der Waals surface area contributed by atoms with Crippen LogP contribution in [0.2, 0.25) is 0 Å². The lowest BCUT2D eigenvalue weighted by Crippen LogP contribution is -2.39. The Morgan fingerprint density at radius 1 is 0.932 bits per heavy atom. The number of halogens is 1. The van der Waals surface area contributed by atoms with E-state index in [0.717, 1.165) is 66.1 Å². The lowest BCUT2D eigenvalue weighted by Gasteiger charge is -2.32. The highest BCUT2D eigenvalue weighted by Gasteiger charge is 2.25. The van der Waals surface area contributed by atoms with Gasteiger partial charge in [-0.3, -0.25) is 10.1 Å². The van der Waals surface area contributed by atoms with Crippen LogP contribution in [0.5, 0.6) is 0 Å². The lowest BCUT2D eigenvalue weighted by atomic mass is 9.89. The number of nitrogens with one attached hydrogen (secondary N) is 2. The molecule has 3 aromatic carbocycles. The number of amides is 3. The Hall–Kier alpha value is -4.46. The van der Waals surface area contributed by atoms with Gasteiger partial charge in [-0.15, -0.1) is 0 Å². The summed E-state index contributed by atoms with van der Waals surface area (Å²) in [6, 6.07) is 23.9. The van der Waals surface area contributed by atoms with Gasteiger partial charge in [-0.2, -0.15) is 5.10 Å². The molecule has 2 N–H and O–H groups in total. The van der Waals surface area contributed by atoms with Gasteiger partial charge < -0.3 is 10.2 Å². The third-order valence-corrected chi connectivity index (χ3v) is 8.28. The fraction of sp³-hybridized carbons (Fsp3) is 0.361. The molecule has 1 aromatic heterocycles. The molecule has 2 heterocycles. The highest BCUT2D eigenvalue weighted by molar-refractivity contribution is 6.00. The molecule has 1 aliphatic heterocycles. The summed E-state index contributed by atoms with van der Waals surface area (Å²) in [4.78, 5) is 28.0. The Morgan fingerprint density at radius 2 is 1.61 bits per heavy atom. The van der Waals surface area contributed by atoms with Crippen molar-refractivity contribution in [2.45, 2.75) is 65.2 Å². The van der Waals surface area contributed by atoms with Gasteiger partial charge in [-0.05, 0) is 80.0 Å². The van der Waals surface area contributed by atoms with Crippen molar-refractivity contribution in [3.05, 3.63) is 107 Å². The molecule has 0 atom stereocenters. The van der Waals surface area contributed by atoms with Crippen molar-refractivity contribution in [3.63, 3.8) is 0 Å². The summed E-state index contributed by atoms with van der Waals surface area (Å²) in [7, 11) is 0. The van der Waals surface area contributed by atoms with Gasteiger partial charge in [0, 0.05) is 36.7 Å². The number of carbonyl (C=O) groups is 2. The Balaban J connectivity index is 1.18. The smallest absolute Gasteiger partial charge is 0.324 e. The first-order valence-electron chi connectivity index (χ1n) is 15.4. The van der Waals surface area contributed by atoms with Gasteiger partial charge in [-0.25, -0.2) is 13.9 Å². The van der Waals surface area contributed by atoms with Crippen LogP contribution in [0.4, 0.5) is 20.7 Å². The number of aryl methyl sites for hydroxylation is 2. The number of hydrogen-bond acceptors (Lipinski definition) is 3. The van der Waals surface area contributed by atoms with Crippen LogP contribution in [0.25, 0.3) is 5.69 Å². The quantitative estimate of drug-likeness (QED) is 0.219. The molecule has 5 rings (SSSR count). The van der Waals surface area contributed by atoms with Crippen molar-refractivity contribution >= 4 is 23.4 Å². The topological polar surface area (TPSA) is 79.3 Å². The lowest BCUT2D eigenvalue weighted by molar-refractivity contribution is -0.132. The Kier molecular flexibility index (Phi) is 9.47. The van der Waals surface area contributed by atoms with E-state index in [1.54, 1.807) is 16.8 Å². The van der Waals surface area contributed by atoms with E-state index in [2.05, 4.69) is 37.5 Å². The molecule has 230 valence electrons. The number of carbonyl (C=O) groups excluding carboxylic acids is 2. The van der Waals surface area contributed by atoms with E-state index in [1.807, 2.05) is 60.4 Å². The second-order valence-electron chi connectivity index (χ2n) is 12.8. The summed E-state index contributed by atoms with van der Waals surface area (Å²) < 4.78 is 14.9. The first-order chi connectivity index (χ1) is 21.0. The second kappa shape index (κ2) is 13.5. The largest absolute Gasteiger partial charge is 0.343 e. The molecule has 0 saturated carbocycles. The normalized spacial score (nSPS) is 14.0. The van der Waals surface area contributed by atoms with Crippen LogP contribution in [0, 0.1) is 18.7 Å². The molecular formula is C36H42FN5O2. The molecule has 0 radical (unpaired) electrons. The minimum Gasteiger partial charge on any atom is -0.343 e. The van der Waals surface area contributed by atoms with Crippen LogP contribution in [0.1, 0.15) is 62.4 Å². The molecule has 1 saturated heterocycles. The van der Waals surface area contributed by atoms with Crippen molar-refractivity contribution in [1.29, 1.82) is 0 Å². The molecule has 1 aliphatic rings. The third-order valence-electron chi connectivity index (χ3n) is 8.28. The molecule has 7 nitrogen and oxygen atoms in total. The number of benzene rings is 3. The van der Waals surface area contributed by atoms with Crippen LogP contribution in [-0.2, 0) is 23.1 Å². The molecule has 1 fully saturated rings. The van der Waals surface area contributed by atoms with E-state index in [1.165, 1.54) is 12.1 Å². The highest BCUT2D eigenvalue weighted by Crippen LogP contribution is 2.28. The molecule has 3 amide bonds. The summed E-state index contributed by atoms with van der Waals surface area (Å²) in [5.41, 5.74) is 5.55. The molecule has 0 spiro atoms. The van der Waals surface area contributed by atoms with Gasteiger partial charge in [-0.1, -0.05) is 68.8 Å². The average molecular weight is 596 g/mol. The Labute approximate surface area is 259 Å². The van der Waals surface area contributed by atoms with E-state index in [0.29, 0.717) is 24.6 Å².